The monoisotopic (exact) mass is 182 g/mol. The van der Waals surface area contributed by atoms with Crippen molar-refractivity contribution in [2.24, 2.45) is 5.73 Å². The minimum atomic E-state index is -1.62. The van der Waals surface area contributed by atoms with Crippen LogP contribution in [0.2, 0.25) is 0 Å². The summed E-state index contributed by atoms with van der Waals surface area (Å²) < 4.78 is 0. The summed E-state index contributed by atoms with van der Waals surface area (Å²) in [6.07, 6.45) is -0.126. The van der Waals surface area contributed by atoms with Crippen LogP contribution in [-0.4, -0.2) is 27.3 Å². The van der Waals surface area contributed by atoms with Gasteiger partial charge < -0.3 is 15.9 Å². The molecule has 1 rings (SSSR count). The molecule has 0 radical (unpaired) electrons. The number of nitrogens with zero attached hydrogens (tertiary/aromatic N) is 1. The Kier molecular flexibility index (Phi) is 2.94. The van der Waals surface area contributed by atoms with Crippen molar-refractivity contribution in [3.05, 3.63) is 30.1 Å². The largest absolute Gasteiger partial charge is 0.479 e. The zero-order valence-corrected chi connectivity index (χ0v) is 6.79. The van der Waals surface area contributed by atoms with Crippen molar-refractivity contribution in [3.63, 3.8) is 0 Å². The number of nitrogens with two attached hydrogens (primary N) is 1. The fraction of sp³-hybridized carbons (Fsp3) is 0.250. The Hall–Kier alpha value is -1.46. The van der Waals surface area contributed by atoms with Crippen LogP contribution in [0, 0.1) is 0 Å². The van der Waals surface area contributed by atoms with E-state index in [0.717, 1.165) is 0 Å². The Morgan fingerprint density at radius 2 is 2.23 bits per heavy atom. The Bertz CT molecular complexity index is 289. The van der Waals surface area contributed by atoms with E-state index in [1.165, 1.54) is 6.20 Å². The van der Waals surface area contributed by atoms with Crippen LogP contribution in [0.15, 0.2) is 24.4 Å². The number of pyridine rings is 1. The molecule has 1 heterocycles. The van der Waals surface area contributed by atoms with Gasteiger partial charge in [-0.25, -0.2) is 4.79 Å². The summed E-state index contributed by atoms with van der Waals surface area (Å²) in [6, 6.07) is 3.94. The lowest BCUT2D eigenvalue weighted by Crippen LogP contribution is -2.33. The molecule has 0 aromatic carbocycles. The molecule has 0 bridgehead atoms. The summed E-state index contributed by atoms with van der Waals surface area (Å²) in [5.41, 5.74) is 5.80. The highest BCUT2D eigenvalue weighted by Crippen LogP contribution is 2.10. The number of rotatable bonds is 3. The molecule has 2 atom stereocenters. The molecule has 5 heteroatoms. The zero-order valence-electron chi connectivity index (χ0n) is 6.79. The summed E-state index contributed by atoms with van der Waals surface area (Å²) in [6.45, 7) is 0. The smallest absolute Gasteiger partial charge is 0.334 e. The molecule has 4 N–H and O–H groups in total. The number of carbonyl (C=O) groups is 1. The number of aromatic nitrogens is 1. The summed E-state index contributed by atoms with van der Waals surface area (Å²) in [5.74, 6) is -1.35. The predicted octanol–water partition coefficient (Wildman–Crippen LogP) is -0.473. The molecule has 1 aromatic heterocycles. The molecule has 13 heavy (non-hydrogen) atoms. The SMILES string of the molecule is NC(c1ccccn1)C(O)C(=O)O. The third-order valence-electron chi connectivity index (χ3n) is 1.62. The van der Waals surface area contributed by atoms with E-state index in [0.29, 0.717) is 5.69 Å². The highest BCUT2D eigenvalue weighted by Gasteiger charge is 2.24. The molecule has 0 saturated heterocycles. The average Bonchev–Trinajstić information content (AvgIpc) is 2.17. The first-order valence-corrected chi connectivity index (χ1v) is 3.70. The number of carboxylic acid groups (broad SMARTS) is 1. The van der Waals surface area contributed by atoms with Gasteiger partial charge in [-0.05, 0) is 12.1 Å². The maximum atomic E-state index is 10.4. The fourth-order valence-electron chi connectivity index (χ4n) is 0.888. The number of carboxylic acids is 1. The van der Waals surface area contributed by atoms with Crippen LogP contribution >= 0.6 is 0 Å². The van der Waals surface area contributed by atoms with E-state index in [2.05, 4.69) is 4.98 Å². The average molecular weight is 182 g/mol. The van der Waals surface area contributed by atoms with Crippen molar-refractivity contribution in [1.29, 1.82) is 0 Å². The van der Waals surface area contributed by atoms with Gasteiger partial charge in [-0.2, -0.15) is 0 Å². The van der Waals surface area contributed by atoms with Gasteiger partial charge in [-0.3, -0.25) is 4.98 Å². The van der Waals surface area contributed by atoms with Gasteiger partial charge in [0.15, 0.2) is 6.10 Å². The number of hydrogen-bond acceptors (Lipinski definition) is 4. The maximum absolute atomic E-state index is 10.4. The van der Waals surface area contributed by atoms with Crippen molar-refractivity contribution >= 4 is 5.97 Å². The van der Waals surface area contributed by atoms with Crippen molar-refractivity contribution in [3.8, 4) is 0 Å². The third kappa shape index (κ3) is 2.24. The van der Waals surface area contributed by atoms with E-state index in [-0.39, 0.29) is 0 Å². The van der Waals surface area contributed by atoms with Gasteiger partial charge >= 0.3 is 5.97 Å². The molecule has 2 unspecified atom stereocenters. The van der Waals surface area contributed by atoms with Crippen LogP contribution in [-0.2, 0) is 4.79 Å². The molecule has 0 aliphatic rings. The summed E-state index contributed by atoms with van der Waals surface area (Å²) >= 11 is 0. The normalized spacial score (nSPS) is 14.9. The Labute approximate surface area is 74.8 Å². The van der Waals surface area contributed by atoms with Gasteiger partial charge in [-0.15, -0.1) is 0 Å². The molecule has 0 aliphatic heterocycles. The summed E-state index contributed by atoms with van der Waals surface area (Å²) in [7, 11) is 0. The lowest BCUT2D eigenvalue weighted by molar-refractivity contribution is -0.147. The highest BCUT2D eigenvalue weighted by atomic mass is 16.4. The molecule has 0 fully saturated rings. The minimum absolute atomic E-state index is 0.359. The second-order valence-corrected chi connectivity index (χ2v) is 2.56. The van der Waals surface area contributed by atoms with Gasteiger partial charge in [0, 0.05) is 6.20 Å². The van der Waals surface area contributed by atoms with Crippen molar-refractivity contribution in [2.45, 2.75) is 12.1 Å². The lowest BCUT2D eigenvalue weighted by atomic mass is 10.1. The van der Waals surface area contributed by atoms with Crippen molar-refractivity contribution in [1.82, 2.24) is 4.98 Å². The number of aliphatic carboxylic acids is 1. The van der Waals surface area contributed by atoms with E-state index in [1.807, 2.05) is 0 Å². The zero-order chi connectivity index (χ0) is 9.84. The first-order chi connectivity index (χ1) is 6.13. The second-order valence-electron chi connectivity index (χ2n) is 2.56. The second kappa shape index (κ2) is 3.97. The summed E-state index contributed by atoms with van der Waals surface area (Å²) in [5, 5.41) is 17.5. The molecule has 5 nitrogen and oxygen atoms in total. The molecule has 70 valence electrons. The van der Waals surface area contributed by atoms with E-state index >= 15 is 0 Å². The van der Waals surface area contributed by atoms with Gasteiger partial charge in [0.2, 0.25) is 0 Å². The van der Waals surface area contributed by atoms with E-state index < -0.39 is 18.1 Å². The lowest BCUT2D eigenvalue weighted by Gasteiger charge is -2.13. The van der Waals surface area contributed by atoms with Crippen LogP contribution in [0.1, 0.15) is 11.7 Å². The van der Waals surface area contributed by atoms with Crippen molar-refractivity contribution < 1.29 is 15.0 Å². The van der Waals surface area contributed by atoms with Crippen LogP contribution < -0.4 is 5.73 Å². The minimum Gasteiger partial charge on any atom is -0.479 e. The Balaban J connectivity index is 2.79. The number of aliphatic hydroxyl groups excluding tert-OH is 1. The molecule has 1 aromatic rings. The quantitative estimate of drug-likeness (QED) is 0.587. The van der Waals surface area contributed by atoms with Gasteiger partial charge in [0.05, 0.1) is 11.7 Å². The third-order valence-corrected chi connectivity index (χ3v) is 1.62. The molecule has 0 saturated carbocycles. The maximum Gasteiger partial charge on any atom is 0.334 e. The predicted molar refractivity (Wildman–Crippen MR) is 44.8 cm³/mol. The van der Waals surface area contributed by atoms with E-state index in [9.17, 15) is 4.79 Å². The van der Waals surface area contributed by atoms with Gasteiger partial charge in [0.1, 0.15) is 0 Å². The molecular formula is C8H10N2O3. The Morgan fingerprint density at radius 3 is 2.69 bits per heavy atom. The van der Waals surface area contributed by atoms with Gasteiger partial charge in [-0.1, -0.05) is 6.07 Å². The molecule has 0 aliphatic carbocycles. The van der Waals surface area contributed by atoms with Crippen LogP contribution in [0.3, 0.4) is 0 Å². The first kappa shape index (κ1) is 9.63. The highest BCUT2D eigenvalue weighted by molar-refractivity contribution is 5.73. The van der Waals surface area contributed by atoms with Crippen LogP contribution in [0.25, 0.3) is 0 Å². The molecular weight excluding hydrogens is 172 g/mol. The standard InChI is InChI=1S/C8H10N2O3/c9-6(7(11)8(12)13)5-3-1-2-4-10-5/h1-4,6-7,11H,9H2,(H,12,13). The fourth-order valence-corrected chi connectivity index (χ4v) is 0.888. The van der Waals surface area contributed by atoms with Crippen LogP contribution in [0.4, 0.5) is 0 Å². The van der Waals surface area contributed by atoms with Crippen molar-refractivity contribution in [2.75, 3.05) is 0 Å². The number of aliphatic hydroxyl groups is 1. The number of hydrogen-bond donors (Lipinski definition) is 3. The van der Waals surface area contributed by atoms with E-state index in [1.54, 1.807) is 18.2 Å². The van der Waals surface area contributed by atoms with Gasteiger partial charge in [0.25, 0.3) is 0 Å². The first-order valence-electron chi connectivity index (χ1n) is 3.70. The Morgan fingerprint density at radius 1 is 1.54 bits per heavy atom. The molecule has 0 amide bonds. The molecule has 0 spiro atoms. The summed E-state index contributed by atoms with van der Waals surface area (Å²) in [4.78, 5) is 14.2. The topological polar surface area (TPSA) is 96.4 Å². The van der Waals surface area contributed by atoms with Crippen LogP contribution in [0.5, 0.6) is 0 Å². The van der Waals surface area contributed by atoms with E-state index in [4.69, 9.17) is 15.9 Å².